The van der Waals surface area contributed by atoms with Gasteiger partial charge in [0.1, 0.15) is 0 Å². The van der Waals surface area contributed by atoms with Gasteiger partial charge in [0.2, 0.25) is 0 Å². The van der Waals surface area contributed by atoms with Gasteiger partial charge in [-0.2, -0.15) is 17.0 Å². The lowest BCUT2D eigenvalue weighted by atomic mass is 10.2. The van der Waals surface area contributed by atoms with Crippen LogP contribution in [0, 0.1) is 5.92 Å². The van der Waals surface area contributed by atoms with Crippen molar-refractivity contribution in [2.45, 2.75) is 45.6 Å². The average Bonchev–Trinajstić information content (AvgIpc) is 3.00. The van der Waals surface area contributed by atoms with Gasteiger partial charge in [0.25, 0.3) is 10.2 Å². The van der Waals surface area contributed by atoms with E-state index in [0.717, 1.165) is 32.2 Å². The zero-order valence-corrected chi connectivity index (χ0v) is 13.0. The highest BCUT2D eigenvalue weighted by Gasteiger charge is 2.33. The van der Waals surface area contributed by atoms with E-state index in [1.807, 2.05) is 0 Å². The predicted molar refractivity (Wildman–Crippen MR) is 77.2 cm³/mol. The molecule has 1 N–H and O–H groups in total. The molecule has 0 aromatic carbocycles. The van der Waals surface area contributed by atoms with Crippen molar-refractivity contribution in [3.05, 3.63) is 0 Å². The molecule has 2 rings (SSSR count). The molecule has 0 amide bonds. The quantitative estimate of drug-likeness (QED) is 0.795. The molecule has 1 unspecified atom stereocenters. The second-order valence-corrected chi connectivity index (χ2v) is 8.05. The first kappa shape index (κ1) is 15.2. The van der Waals surface area contributed by atoms with Gasteiger partial charge in [-0.25, -0.2) is 0 Å². The van der Waals surface area contributed by atoms with Crippen molar-refractivity contribution < 1.29 is 8.42 Å². The van der Waals surface area contributed by atoms with Gasteiger partial charge in [0.05, 0.1) is 0 Å². The third-order valence-corrected chi connectivity index (χ3v) is 5.84. The molecule has 5 nitrogen and oxygen atoms in total. The van der Waals surface area contributed by atoms with E-state index < -0.39 is 10.2 Å². The summed E-state index contributed by atoms with van der Waals surface area (Å²) in [6.07, 6.45) is 4.24. The summed E-state index contributed by atoms with van der Waals surface area (Å²) in [5.74, 6) is 0.360. The van der Waals surface area contributed by atoms with Gasteiger partial charge in [-0.3, -0.25) is 0 Å². The summed E-state index contributed by atoms with van der Waals surface area (Å²) in [5, 5.41) is 3.40. The Morgan fingerprint density at radius 1 is 1.26 bits per heavy atom. The zero-order chi connectivity index (χ0) is 13.9. The molecule has 2 heterocycles. The molecule has 1 atom stereocenters. The molecule has 19 heavy (non-hydrogen) atoms. The van der Waals surface area contributed by atoms with Crippen LogP contribution in [0.25, 0.3) is 0 Å². The Bertz CT molecular complexity index is 371. The summed E-state index contributed by atoms with van der Waals surface area (Å²) < 4.78 is 28.7. The van der Waals surface area contributed by atoms with E-state index in [0.29, 0.717) is 38.1 Å². The largest absolute Gasteiger partial charge is 0.313 e. The average molecular weight is 289 g/mol. The topological polar surface area (TPSA) is 52.7 Å². The SMILES string of the molecule is CC(C)CN(CC1CCCN1)S(=O)(=O)N1CCCC1. The predicted octanol–water partition coefficient (Wildman–Crippen LogP) is 1.04. The van der Waals surface area contributed by atoms with E-state index >= 15 is 0 Å². The molecule has 112 valence electrons. The first-order chi connectivity index (χ1) is 9.00. The number of hydrogen-bond donors (Lipinski definition) is 1. The molecule has 6 heteroatoms. The van der Waals surface area contributed by atoms with Crippen LogP contribution in [0.15, 0.2) is 0 Å². The van der Waals surface area contributed by atoms with Crippen molar-refractivity contribution in [2.75, 3.05) is 32.7 Å². The van der Waals surface area contributed by atoms with Gasteiger partial charge in [0.15, 0.2) is 0 Å². The molecule has 0 aromatic rings. The van der Waals surface area contributed by atoms with Crippen LogP contribution in [-0.2, 0) is 10.2 Å². The maximum absolute atomic E-state index is 12.7. The van der Waals surface area contributed by atoms with Gasteiger partial charge in [-0.05, 0) is 38.1 Å². The summed E-state index contributed by atoms with van der Waals surface area (Å²) in [6.45, 7) is 7.80. The van der Waals surface area contributed by atoms with Crippen molar-refractivity contribution in [2.24, 2.45) is 5.92 Å². The third kappa shape index (κ3) is 3.90. The Kier molecular flexibility index (Phi) is 5.22. The van der Waals surface area contributed by atoms with Crippen molar-refractivity contribution >= 4 is 10.2 Å². The fourth-order valence-corrected chi connectivity index (χ4v) is 4.81. The Balaban J connectivity index is 2.06. The number of nitrogens with one attached hydrogen (secondary N) is 1. The van der Waals surface area contributed by atoms with Gasteiger partial charge >= 0.3 is 0 Å². The van der Waals surface area contributed by atoms with Gasteiger partial charge in [0, 0.05) is 32.2 Å². The maximum Gasteiger partial charge on any atom is 0.282 e. The van der Waals surface area contributed by atoms with Crippen molar-refractivity contribution in [3.63, 3.8) is 0 Å². The Morgan fingerprint density at radius 2 is 1.95 bits per heavy atom. The molecule has 0 radical (unpaired) electrons. The fraction of sp³-hybridized carbons (Fsp3) is 1.00. The van der Waals surface area contributed by atoms with E-state index in [1.165, 1.54) is 0 Å². The van der Waals surface area contributed by atoms with E-state index in [2.05, 4.69) is 19.2 Å². The smallest absolute Gasteiger partial charge is 0.282 e. The minimum absolute atomic E-state index is 0.330. The third-order valence-electron chi connectivity index (χ3n) is 3.87. The molecule has 0 aromatic heterocycles. The van der Waals surface area contributed by atoms with E-state index in [9.17, 15) is 8.42 Å². The molecule has 0 aliphatic carbocycles. The summed E-state index contributed by atoms with van der Waals surface area (Å²) in [6, 6.07) is 0.330. The van der Waals surface area contributed by atoms with Crippen LogP contribution in [0.3, 0.4) is 0 Å². The zero-order valence-electron chi connectivity index (χ0n) is 12.1. The number of hydrogen-bond acceptors (Lipinski definition) is 3. The summed E-state index contributed by atoms with van der Waals surface area (Å²) >= 11 is 0. The summed E-state index contributed by atoms with van der Waals surface area (Å²) in [5.41, 5.74) is 0. The van der Waals surface area contributed by atoms with Crippen LogP contribution in [0.5, 0.6) is 0 Å². The first-order valence-corrected chi connectivity index (χ1v) is 8.88. The second kappa shape index (κ2) is 6.52. The maximum atomic E-state index is 12.7. The lowest BCUT2D eigenvalue weighted by Gasteiger charge is -2.30. The fourth-order valence-electron chi connectivity index (χ4n) is 2.91. The van der Waals surface area contributed by atoms with Crippen molar-refractivity contribution in [1.82, 2.24) is 13.9 Å². The number of rotatable bonds is 6. The molecular formula is C13H27N3O2S. The van der Waals surface area contributed by atoms with Crippen LogP contribution in [0.4, 0.5) is 0 Å². The Labute approximate surface area is 117 Å². The van der Waals surface area contributed by atoms with E-state index in [4.69, 9.17) is 0 Å². The Morgan fingerprint density at radius 3 is 2.47 bits per heavy atom. The van der Waals surface area contributed by atoms with Crippen LogP contribution in [0.2, 0.25) is 0 Å². The lowest BCUT2D eigenvalue weighted by Crippen LogP contribution is -2.48. The molecule has 0 spiro atoms. The highest BCUT2D eigenvalue weighted by atomic mass is 32.2. The molecule has 2 saturated heterocycles. The van der Waals surface area contributed by atoms with E-state index in [1.54, 1.807) is 8.61 Å². The van der Waals surface area contributed by atoms with Gasteiger partial charge in [-0.1, -0.05) is 13.8 Å². The highest BCUT2D eigenvalue weighted by Crippen LogP contribution is 2.19. The van der Waals surface area contributed by atoms with Gasteiger partial charge in [-0.15, -0.1) is 0 Å². The van der Waals surface area contributed by atoms with Crippen LogP contribution < -0.4 is 5.32 Å². The molecule has 0 bridgehead atoms. The summed E-state index contributed by atoms with van der Waals surface area (Å²) in [4.78, 5) is 0. The normalized spacial score (nSPS) is 25.8. The van der Waals surface area contributed by atoms with Crippen molar-refractivity contribution in [1.29, 1.82) is 0 Å². The second-order valence-electron chi connectivity index (χ2n) is 6.12. The minimum Gasteiger partial charge on any atom is -0.313 e. The first-order valence-electron chi connectivity index (χ1n) is 7.49. The molecule has 0 saturated carbocycles. The Hall–Kier alpha value is -0.170. The van der Waals surface area contributed by atoms with E-state index in [-0.39, 0.29) is 0 Å². The molecular weight excluding hydrogens is 262 g/mol. The van der Waals surface area contributed by atoms with Crippen LogP contribution >= 0.6 is 0 Å². The molecule has 2 aliphatic heterocycles. The standard InChI is InChI=1S/C13H27N3O2S/c1-12(2)10-16(11-13-6-5-7-14-13)19(17,18)15-8-3-4-9-15/h12-14H,3-11H2,1-2H3. The van der Waals surface area contributed by atoms with Crippen LogP contribution in [0.1, 0.15) is 39.5 Å². The molecule has 2 fully saturated rings. The van der Waals surface area contributed by atoms with Crippen molar-refractivity contribution in [3.8, 4) is 0 Å². The van der Waals surface area contributed by atoms with Crippen LogP contribution in [-0.4, -0.2) is 55.8 Å². The number of nitrogens with zero attached hydrogens (tertiary/aromatic N) is 2. The minimum atomic E-state index is -3.26. The van der Waals surface area contributed by atoms with Gasteiger partial charge < -0.3 is 5.32 Å². The summed E-state index contributed by atoms with van der Waals surface area (Å²) in [7, 11) is -3.26. The monoisotopic (exact) mass is 289 g/mol. The lowest BCUT2D eigenvalue weighted by molar-refractivity contribution is 0.309. The highest BCUT2D eigenvalue weighted by molar-refractivity contribution is 7.86. The molecule has 2 aliphatic rings.